The van der Waals surface area contributed by atoms with E-state index in [0.717, 1.165) is 60.4 Å². The summed E-state index contributed by atoms with van der Waals surface area (Å²) >= 11 is 0. The molecule has 4 aliphatic carbocycles. The predicted octanol–water partition coefficient (Wildman–Crippen LogP) is 11.7. The number of nitrogens with zero attached hydrogens (tertiary/aromatic N) is 7. The Hall–Kier alpha value is -5.28. The van der Waals surface area contributed by atoms with E-state index in [1.807, 2.05) is 57.7 Å². The van der Waals surface area contributed by atoms with Gasteiger partial charge in [-0.1, -0.05) is 95.6 Å². The molecule has 15 nitrogen and oxygen atoms in total. The van der Waals surface area contributed by atoms with Crippen LogP contribution in [0.1, 0.15) is 217 Å². The highest BCUT2D eigenvalue weighted by molar-refractivity contribution is 6.00. The maximum atomic E-state index is 13.9. The Kier molecular flexibility index (Phi) is 18.2. The zero-order valence-electron chi connectivity index (χ0n) is 44.1. The summed E-state index contributed by atoms with van der Waals surface area (Å²) in [4.78, 5) is 78.7. The molecule has 418 valence electrons. The van der Waals surface area contributed by atoms with E-state index in [0.29, 0.717) is 47.3 Å². The molecule has 8 bridgehead atoms. The topological polar surface area (TPSA) is 190 Å². The van der Waals surface area contributed by atoms with Crippen molar-refractivity contribution < 1.29 is 29.4 Å². The van der Waals surface area contributed by atoms with Crippen molar-refractivity contribution >= 4 is 45.5 Å². The molecule has 12 rings (SSSR count). The van der Waals surface area contributed by atoms with Crippen LogP contribution in [0.2, 0.25) is 0 Å². The zero-order chi connectivity index (χ0) is 51.7. The lowest BCUT2D eigenvalue weighted by Gasteiger charge is -2.55. The van der Waals surface area contributed by atoms with E-state index in [2.05, 4.69) is 24.9 Å². The van der Waals surface area contributed by atoms with Gasteiger partial charge < -0.3 is 24.2 Å². The predicted molar refractivity (Wildman–Crippen MR) is 301 cm³/mol. The molecule has 4 aromatic rings. The molecule has 2 aromatic carbocycles. The van der Waals surface area contributed by atoms with Crippen LogP contribution in [0.4, 0.5) is 0 Å². The van der Waals surface area contributed by atoms with E-state index in [4.69, 9.17) is 9.84 Å². The highest BCUT2D eigenvalue weighted by Crippen LogP contribution is 2.49. The first-order valence-electron chi connectivity index (χ1n) is 29.2. The summed E-state index contributed by atoms with van der Waals surface area (Å²) in [6.07, 6.45) is 27.4. The average Bonchev–Trinajstić information content (AvgIpc) is 3.39. The summed E-state index contributed by atoms with van der Waals surface area (Å²) in [5, 5.41) is 22.1. The Morgan fingerprint density at radius 1 is 0.532 bits per heavy atom. The van der Waals surface area contributed by atoms with E-state index in [1.165, 1.54) is 116 Å². The second-order valence-corrected chi connectivity index (χ2v) is 24.1. The zero-order valence-corrected chi connectivity index (χ0v) is 44.1. The monoisotopic (exact) mass is 1060 g/mol. The second kappa shape index (κ2) is 24.8. The number of aliphatic carboxylic acids is 1. The van der Waals surface area contributed by atoms with Crippen molar-refractivity contribution in [3.05, 3.63) is 80.6 Å². The lowest BCUT2D eigenvalue weighted by molar-refractivity contribution is -0.143. The first-order valence-corrected chi connectivity index (χ1v) is 29.2. The standard InChI is InChI=1S/C31H41N3O4.C29H38N4O4.2CH4/c1-2-38-29(36)14-13-28(35)30-31(37)34(27-12-4-3-11-26(27)32-30)25-18-22-9-6-10-23(19-25)33(22)24-16-20-7-5-8-21(15-20)17-24;34-27(35)12-11-25(31-37)28-29(36)33(26-10-2-1-9-24(26)30-28)23-16-20-7-4-8-21(17-23)32(20)22-14-18-5-3-6-19(13-18)15-22;;/h3-4,11-12,20-25H,2,5-10,13-19H2,1H3;1-2,9-10,18-23,37H,3-8,11-17H2,(H,34,35);2*1H4/t20?,21?,22-,23+,24?,25?;18?,19?,20-,21+,22?,23?;;. The van der Waals surface area contributed by atoms with Gasteiger partial charge in [0, 0.05) is 61.2 Å². The van der Waals surface area contributed by atoms with Crippen LogP contribution in [-0.4, -0.2) is 106 Å². The van der Waals surface area contributed by atoms with Crippen molar-refractivity contribution in [2.45, 2.75) is 237 Å². The van der Waals surface area contributed by atoms with Gasteiger partial charge in [-0.3, -0.25) is 33.8 Å². The van der Waals surface area contributed by atoms with E-state index in [-0.39, 0.29) is 93.2 Å². The molecule has 8 fully saturated rings. The van der Waals surface area contributed by atoms with Crippen LogP contribution in [0, 0.1) is 23.7 Å². The number of ether oxygens (including phenoxy) is 1. The van der Waals surface area contributed by atoms with Crippen LogP contribution in [0.5, 0.6) is 0 Å². The van der Waals surface area contributed by atoms with E-state index in [1.54, 1.807) is 6.92 Å². The van der Waals surface area contributed by atoms with E-state index in [9.17, 15) is 29.2 Å². The lowest BCUT2D eigenvalue weighted by Crippen LogP contribution is -2.58. The molecular weight excluding hydrogens is 971 g/mol. The van der Waals surface area contributed by atoms with Gasteiger partial charge in [0.25, 0.3) is 11.1 Å². The molecule has 2 aromatic heterocycles. The van der Waals surface area contributed by atoms with Crippen molar-refractivity contribution in [3.8, 4) is 0 Å². The number of Topliss-reactive ketones (excluding diaryl/α,β-unsaturated/α-hetero) is 1. The maximum absolute atomic E-state index is 13.9. The van der Waals surface area contributed by atoms with Gasteiger partial charge in [-0.15, -0.1) is 0 Å². The normalized spacial score (nSPS) is 30.9. The molecule has 6 heterocycles. The molecular formula is C62H87N7O8. The van der Waals surface area contributed by atoms with Crippen molar-refractivity contribution in [1.82, 2.24) is 28.9 Å². The van der Waals surface area contributed by atoms with Crippen molar-refractivity contribution in [3.63, 3.8) is 0 Å². The first kappa shape index (κ1) is 56.4. The van der Waals surface area contributed by atoms with Crippen LogP contribution in [0.25, 0.3) is 22.1 Å². The van der Waals surface area contributed by atoms with Gasteiger partial charge in [-0.05, 0) is 145 Å². The third-order valence-corrected chi connectivity index (χ3v) is 19.5. The Morgan fingerprint density at radius 3 is 1.38 bits per heavy atom. The van der Waals surface area contributed by atoms with Gasteiger partial charge in [-0.2, -0.15) is 0 Å². The van der Waals surface area contributed by atoms with Gasteiger partial charge in [0.1, 0.15) is 5.71 Å². The molecule has 4 saturated carbocycles. The molecule has 10 atom stereocenters. The molecule has 0 spiro atoms. The highest BCUT2D eigenvalue weighted by Gasteiger charge is 2.47. The SMILES string of the molecule is C.C.CCOC(=O)CCC(=O)c1nc2ccccc2n(C2C[C@H]3CCC[C@@H](C2)N3C2CC3CCCC(C3)C2)c1=O.O=C(O)CCC(=NO)c1nc2ccccc2n(C2C[C@H]3CCC[C@@H](C2)N3C2CC3CCCC(C3)C2)c1=O. The Morgan fingerprint density at radius 2 is 0.948 bits per heavy atom. The number of piperidine rings is 4. The minimum atomic E-state index is -1.01. The van der Waals surface area contributed by atoms with Crippen LogP contribution in [0.15, 0.2) is 63.3 Å². The van der Waals surface area contributed by atoms with Crippen LogP contribution < -0.4 is 11.1 Å². The number of hydrogen-bond acceptors (Lipinski definition) is 12. The Bertz CT molecular complexity index is 2850. The van der Waals surface area contributed by atoms with Gasteiger partial charge >= 0.3 is 11.9 Å². The van der Waals surface area contributed by atoms with Crippen molar-refractivity contribution in [2.24, 2.45) is 28.8 Å². The van der Waals surface area contributed by atoms with Crippen LogP contribution >= 0.6 is 0 Å². The molecule has 4 aliphatic heterocycles. The number of benzene rings is 2. The number of carbonyl (C=O) groups is 3. The molecule has 0 amide bonds. The van der Waals surface area contributed by atoms with E-state index < -0.39 is 11.9 Å². The fourth-order valence-corrected chi connectivity index (χ4v) is 16.7. The van der Waals surface area contributed by atoms with Crippen molar-refractivity contribution in [1.29, 1.82) is 0 Å². The molecule has 6 unspecified atom stereocenters. The number of esters is 1. The summed E-state index contributed by atoms with van der Waals surface area (Å²) in [5.74, 6) is 1.79. The largest absolute Gasteiger partial charge is 0.481 e. The Balaban J connectivity index is 0.000000183. The number of aromatic nitrogens is 4. The third-order valence-electron chi connectivity index (χ3n) is 19.5. The summed E-state index contributed by atoms with van der Waals surface area (Å²) in [7, 11) is 0. The molecule has 77 heavy (non-hydrogen) atoms. The molecule has 0 radical (unpaired) electrons. The van der Waals surface area contributed by atoms with Gasteiger partial charge in [0.05, 0.1) is 41.5 Å². The number of ketones is 1. The second-order valence-electron chi connectivity index (χ2n) is 24.1. The number of carbonyl (C=O) groups excluding carboxylic acids is 2. The van der Waals surface area contributed by atoms with Crippen LogP contribution in [-0.2, 0) is 14.3 Å². The molecule has 4 saturated heterocycles. The molecule has 15 heteroatoms. The van der Waals surface area contributed by atoms with Crippen molar-refractivity contribution in [2.75, 3.05) is 6.61 Å². The fraction of sp³-hybridized carbons (Fsp3) is 0.677. The average molecular weight is 1060 g/mol. The van der Waals surface area contributed by atoms with Crippen LogP contribution in [0.3, 0.4) is 0 Å². The quantitative estimate of drug-likeness (QED) is 0.0424. The molecule has 8 aliphatic rings. The summed E-state index contributed by atoms with van der Waals surface area (Å²) < 4.78 is 8.75. The number of oxime groups is 1. The first-order chi connectivity index (χ1) is 36.5. The summed E-state index contributed by atoms with van der Waals surface area (Å²) in [6, 6.07) is 18.8. The van der Waals surface area contributed by atoms with Gasteiger partial charge in [0.2, 0.25) is 0 Å². The fourth-order valence-electron chi connectivity index (χ4n) is 16.7. The number of fused-ring (bicyclic) bond motifs is 10. The summed E-state index contributed by atoms with van der Waals surface area (Å²) in [6.45, 7) is 2.02. The number of carboxylic acid groups (broad SMARTS) is 1. The minimum Gasteiger partial charge on any atom is -0.481 e. The van der Waals surface area contributed by atoms with E-state index >= 15 is 0 Å². The number of carboxylic acids is 1. The lowest BCUT2D eigenvalue weighted by atomic mass is 9.68. The smallest absolute Gasteiger partial charge is 0.306 e. The summed E-state index contributed by atoms with van der Waals surface area (Å²) in [5.41, 5.74) is 2.43. The highest BCUT2D eigenvalue weighted by atomic mass is 16.5. The van der Waals surface area contributed by atoms with Gasteiger partial charge in [-0.25, -0.2) is 9.97 Å². The maximum Gasteiger partial charge on any atom is 0.306 e. The number of para-hydroxylation sites is 4. The number of rotatable bonds is 13. The molecule has 2 N–H and O–H groups in total. The van der Waals surface area contributed by atoms with Gasteiger partial charge in [0.15, 0.2) is 17.2 Å². The minimum absolute atomic E-state index is 0. The Labute approximate surface area is 455 Å². The third kappa shape index (κ3) is 11.9. The number of hydrogen-bond donors (Lipinski definition) is 2.